The van der Waals surface area contributed by atoms with Gasteiger partial charge in [0.1, 0.15) is 6.10 Å². The molecule has 3 rings (SSSR count). The second-order valence-electron chi connectivity index (χ2n) is 18.0. The topological polar surface area (TPSA) is 116 Å². The molecule has 8 heteroatoms. The van der Waals surface area contributed by atoms with Crippen LogP contribution >= 0.6 is 0 Å². The lowest BCUT2D eigenvalue weighted by Crippen LogP contribution is -2.47. The molecule has 2 aliphatic carbocycles. The quantitative estimate of drug-likeness (QED) is 0.0623. The maximum Gasteiger partial charge on any atom is 0.311 e. The normalized spacial score (nSPS) is 24.0. The molecule has 0 bridgehead atoms. The third-order valence-corrected chi connectivity index (χ3v) is 12.4. The van der Waals surface area contributed by atoms with Crippen molar-refractivity contribution in [3.05, 3.63) is 96.7 Å². The largest absolute Gasteiger partial charge is 0.461 e. The van der Waals surface area contributed by atoms with Gasteiger partial charge >= 0.3 is 5.97 Å². The van der Waals surface area contributed by atoms with Gasteiger partial charge in [-0.1, -0.05) is 119 Å². The third kappa shape index (κ3) is 18.9. The second-order valence-corrected chi connectivity index (χ2v) is 18.0. The fourth-order valence-electron chi connectivity index (χ4n) is 8.34. The summed E-state index contributed by atoms with van der Waals surface area (Å²) in [5.74, 6) is 0.596. The predicted octanol–water partition coefficient (Wildman–Crippen LogP) is 10.6. The molecule has 2 unspecified atom stereocenters. The van der Waals surface area contributed by atoms with Gasteiger partial charge in [-0.05, 0) is 127 Å². The number of aliphatic hydroxyl groups is 2. The van der Waals surface area contributed by atoms with E-state index >= 15 is 0 Å². The van der Waals surface area contributed by atoms with Gasteiger partial charge in [0.15, 0.2) is 0 Å². The van der Waals surface area contributed by atoms with Crippen molar-refractivity contribution < 1.29 is 29.3 Å². The van der Waals surface area contributed by atoms with E-state index < -0.39 is 17.6 Å². The Bertz CT molecular complexity index is 1540. The SMILES string of the molecule is CCC=CCC=CCC=CCC=CCC=CCC=CCCC(=O)N1CCC(NC(=O)C[C@H](O)C[C@@H](O)CC[C@@H]2C3C(=C[C@H](C)CC3OC(=O)C(C)(C)CC)C=C[C@@H]2C)CC1. The summed E-state index contributed by atoms with van der Waals surface area (Å²) < 4.78 is 6.23. The molecular formula is C52H80N2O6. The van der Waals surface area contributed by atoms with Gasteiger partial charge in [-0.25, -0.2) is 0 Å². The highest BCUT2D eigenvalue weighted by atomic mass is 16.5. The van der Waals surface area contributed by atoms with Crippen molar-refractivity contribution >= 4 is 17.8 Å². The van der Waals surface area contributed by atoms with E-state index in [0.717, 1.165) is 51.4 Å². The molecule has 3 N–H and O–H groups in total. The summed E-state index contributed by atoms with van der Waals surface area (Å²) in [6.45, 7) is 13.6. The lowest BCUT2D eigenvalue weighted by molar-refractivity contribution is -0.164. The summed E-state index contributed by atoms with van der Waals surface area (Å²) in [6.07, 6.45) is 42.1. The van der Waals surface area contributed by atoms with Gasteiger partial charge in [-0.2, -0.15) is 0 Å². The zero-order valence-corrected chi connectivity index (χ0v) is 38.0. The molecule has 0 aromatic rings. The minimum Gasteiger partial charge on any atom is -0.461 e. The van der Waals surface area contributed by atoms with E-state index in [-0.39, 0.29) is 60.5 Å². The number of nitrogens with zero attached hydrogens (tertiary/aromatic N) is 1. The van der Waals surface area contributed by atoms with Crippen molar-refractivity contribution in [2.24, 2.45) is 29.1 Å². The number of fused-ring (bicyclic) bond motifs is 1. The predicted molar refractivity (Wildman–Crippen MR) is 247 cm³/mol. The summed E-state index contributed by atoms with van der Waals surface area (Å²) in [5.41, 5.74) is 0.675. The van der Waals surface area contributed by atoms with E-state index in [1.807, 2.05) is 25.7 Å². The Morgan fingerprint density at radius 2 is 1.42 bits per heavy atom. The van der Waals surface area contributed by atoms with E-state index in [4.69, 9.17) is 4.74 Å². The standard InChI is InChI=1S/C52H80N2O6/c1-7-9-10-11-12-13-14-15-16-17-18-19-20-21-22-23-24-25-26-27-49(58)54-34-32-43(33-35-54)53-48(57)39-45(56)38-44(55)30-31-46-41(4)28-29-42-36-40(3)37-47(50(42)46)60-51(59)52(5,6)8-2/h9-10,12-13,15-16,18-19,21-22,24-25,28-29,36,40-41,43-47,50,55-56H,7-8,11,14,17,20,23,26-27,30-35,37-39H2,1-6H3,(H,53,57)/t40-,41-,44-,45+,46-,47?,50?/m0/s1. The van der Waals surface area contributed by atoms with Crippen LogP contribution in [0.2, 0.25) is 0 Å². The van der Waals surface area contributed by atoms with Crippen LogP contribution in [0.25, 0.3) is 0 Å². The first-order chi connectivity index (χ1) is 28.8. The van der Waals surface area contributed by atoms with Gasteiger partial charge in [0.25, 0.3) is 0 Å². The minimum absolute atomic E-state index is 0.0340. The van der Waals surface area contributed by atoms with E-state index in [1.54, 1.807) is 0 Å². The number of rotatable bonds is 25. The lowest BCUT2D eigenvalue weighted by Gasteiger charge is -2.44. The average Bonchev–Trinajstić information content (AvgIpc) is 3.21. The number of hydrogen-bond acceptors (Lipinski definition) is 6. The van der Waals surface area contributed by atoms with Gasteiger partial charge in [-0.15, -0.1) is 0 Å². The minimum atomic E-state index is -0.949. The number of carbonyl (C=O) groups excluding carboxylic acids is 3. The van der Waals surface area contributed by atoms with Crippen LogP contribution in [0.15, 0.2) is 96.7 Å². The fraction of sp³-hybridized carbons (Fsp3) is 0.635. The molecule has 3 aliphatic rings. The Morgan fingerprint density at radius 3 is 1.98 bits per heavy atom. The van der Waals surface area contributed by atoms with Gasteiger partial charge < -0.3 is 25.2 Å². The van der Waals surface area contributed by atoms with Crippen LogP contribution in [0.1, 0.15) is 144 Å². The first-order valence-corrected chi connectivity index (χ1v) is 23.3. The van der Waals surface area contributed by atoms with E-state index in [9.17, 15) is 24.6 Å². The number of hydrogen-bond donors (Lipinski definition) is 3. The number of piperidine rings is 1. The van der Waals surface area contributed by atoms with Crippen molar-refractivity contribution in [3.63, 3.8) is 0 Å². The maximum absolute atomic E-state index is 13.1. The molecular weight excluding hydrogens is 749 g/mol. The molecule has 8 nitrogen and oxygen atoms in total. The molecule has 0 aromatic carbocycles. The molecule has 1 fully saturated rings. The van der Waals surface area contributed by atoms with E-state index in [0.29, 0.717) is 57.5 Å². The van der Waals surface area contributed by atoms with Crippen molar-refractivity contribution in [1.82, 2.24) is 10.2 Å². The Hall–Kier alpha value is -3.75. The van der Waals surface area contributed by atoms with Crippen LogP contribution in [0, 0.1) is 29.1 Å². The first-order valence-electron chi connectivity index (χ1n) is 23.3. The number of allylic oxidation sites excluding steroid dienone is 15. The number of aliphatic hydroxyl groups excluding tert-OH is 2. The van der Waals surface area contributed by atoms with Crippen molar-refractivity contribution in [3.8, 4) is 0 Å². The monoisotopic (exact) mass is 829 g/mol. The van der Waals surface area contributed by atoms with E-state index in [1.165, 1.54) is 5.57 Å². The smallest absolute Gasteiger partial charge is 0.311 e. The summed E-state index contributed by atoms with van der Waals surface area (Å²) in [6, 6.07) is -0.0340. The van der Waals surface area contributed by atoms with Crippen molar-refractivity contribution in [2.45, 2.75) is 169 Å². The third-order valence-electron chi connectivity index (χ3n) is 12.4. The summed E-state index contributed by atoms with van der Waals surface area (Å²) in [7, 11) is 0. The highest BCUT2D eigenvalue weighted by molar-refractivity contribution is 5.78. The lowest BCUT2D eigenvalue weighted by atomic mass is 9.65. The van der Waals surface area contributed by atoms with Gasteiger partial charge in [0.2, 0.25) is 11.8 Å². The number of carbonyl (C=O) groups is 3. The zero-order valence-electron chi connectivity index (χ0n) is 38.0. The molecule has 0 aromatic heterocycles. The molecule has 0 spiro atoms. The molecule has 334 valence electrons. The summed E-state index contributed by atoms with van der Waals surface area (Å²) in [5, 5.41) is 24.8. The Balaban J connectivity index is 1.28. The van der Waals surface area contributed by atoms with Crippen LogP contribution in [-0.4, -0.2) is 70.3 Å². The van der Waals surface area contributed by atoms with E-state index in [2.05, 4.69) is 117 Å². The van der Waals surface area contributed by atoms with Gasteiger partial charge in [-0.3, -0.25) is 14.4 Å². The van der Waals surface area contributed by atoms with Crippen LogP contribution in [0.4, 0.5) is 0 Å². The Morgan fingerprint density at radius 1 is 0.850 bits per heavy atom. The molecule has 1 heterocycles. The van der Waals surface area contributed by atoms with Crippen LogP contribution in [0.5, 0.6) is 0 Å². The highest BCUT2D eigenvalue weighted by Crippen LogP contribution is 2.45. The Kier molecular flexibility index (Phi) is 23.6. The van der Waals surface area contributed by atoms with Crippen molar-refractivity contribution in [2.75, 3.05) is 13.1 Å². The zero-order chi connectivity index (χ0) is 43.8. The fourth-order valence-corrected chi connectivity index (χ4v) is 8.34. The van der Waals surface area contributed by atoms with Gasteiger partial charge in [0, 0.05) is 31.5 Å². The maximum atomic E-state index is 13.1. The molecule has 60 heavy (non-hydrogen) atoms. The molecule has 0 radical (unpaired) electrons. The molecule has 1 aliphatic heterocycles. The molecule has 7 atom stereocenters. The molecule has 1 saturated heterocycles. The Labute approximate surface area is 363 Å². The molecule has 2 amide bonds. The van der Waals surface area contributed by atoms with Gasteiger partial charge in [0.05, 0.1) is 24.0 Å². The first kappa shape index (κ1) is 50.6. The molecule has 0 saturated carbocycles. The number of ether oxygens (including phenoxy) is 1. The van der Waals surface area contributed by atoms with Crippen LogP contribution in [0.3, 0.4) is 0 Å². The number of amides is 2. The summed E-state index contributed by atoms with van der Waals surface area (Å²) in [4.78, 5) is 40.7. The van der Waals surface area contributed by atoms with Crippen molar-refractivity contribution in [1.29, 1.82) is 0 Å². The number of esters is 1. The number of likely N-dealkylation sites (tertiary alicyclic amines) is 1. The summed E-state index contributed by atoms with van der Waals surface area (Å²) >= 11 is 0. The van der Waals surface area contributed by atoms with Crippen LogP contribution < -0.4 is 5.32 Å². The number of nitrogens with one attached hydrogen (secondary N) is 1. The second kappa shape index (κ2) is 28.0. The average molecular weight is 829 g/mol. The highest BCUT2D eigenvalue weighted by Gasteiger charge is 2.43. The van der Waals surface area contributed by atoms with Crippen LogP contribution in [-0.2, 0) is 19.1 Å².